The van der Waals surface area contributed by atoms with Gasteiger partial charge in [0.1, 0.15) is 0 Å². The lowest BCUT2D eigenvalue weighted by Gasteiger charge is -2.17. The van der Waals surface area contributed by atoms with Crippen LogP contribution in [0.25, 0.3) is 0 Å². The lowest BCUT2D eigenvalue weighted by Crippen LogP contribution is -2.26. The molecule has 1 aliphatic rings. The minimum Gasteiger partial charge on any atom is -0.377 e. The molecular formula is C9H18N2O2. The highest BCUT2D eigenvalue weighted by Crippen LogP contribution is 2.27. The van der Waals surface area contributed by atoms with Crippen LogP contribution < -0.4 is 11.5 Å². The zero-order valence-electron chi connectivity index (χ0n) is 7.87. The Hall–Kier alpha value is -0.610. The summed E-state index contributed by atoms with van der Waals surface area (Å²) in [4.78, 5) is 10.4. The van der Waals surface area contributed by atoms with Crippen molar-refractivity contribution in [3.63, 3.8) is 0 Å². The Kier molecular flexibility index (Phi) is 4.18. The molecule has 13 heavy (non-hydrogen) atoms. The van der Waals surface area contributed by atoms with Gasteiger partial charge in [-0.05, 0) is 25.3 Å². The molecule has 0 aromatic rings. The van der Waals surface area contributed by atoms with Gasteiger partial charge in [-0.25, -0.2) is 0 Å². The summed E-state index contributed by atoms with van der Waals surface area (Å²) < 4.78 is 5.54. The number of hydrogen-bond acceptors (Lipinski definition) is 3. The number of amides is 1. The van der Waals surface area contributed by atoms with Gasteiger partial charge in [0.2, 0.25) is 5.91 Å². The van der Waals surface area contributed by atoms with E-state index in [1.54, 1.807) is 0 Å². The fourth-order valence-corrected chi connectivity index (χ4v) is 1.80. The SMILES string of the molecule is NCC1CCCC1OCCC(N)=O. The standard InChI is InChI=1S/C9H18N2O2/c10-6-7-2-1-3-8(7)13-5-4-9(11)12/h7-8H,1-6,10H2,(H2,11,12). The number of primary amides is 1. The second kappa shape index (κ2) is 5.19. The van der Waals surface area contributed by atoms with Crippen molar-refractivity contribution in [2.24, 2.45) is 17.4 Å². The van der Waals surface area contributed by atoms with Crippen molar-refractivity contribution in [3.8, 4) is 0 Å². The molecular weight excluding hydrogens is 168 g/mol. The summed E-state index contributed by atoms with van der Waals surface area (Å²) in [5.74, 6) is 0.176. The molecule has 0 radical (unpaired) electrons. The maximum Gasteiger partial charge on any atom is 0.219 e. The molecule has 4 nitrogen and oxygen atoms in total. The van der Waals surface area contributed by atoms with Crippen LogP contribution >= 0.6 is 0 Å². The first-order valence-electron chi connectivity index (χ1n) is 4.84. The fraction of sp³-hybridized carbons (Fsp3) is 0.889. The molecule has 0 spiro atoms. The summed E-state index contributed by atoms with van der Waals surface area (Å²) in [6, 6.07) is 0. The molecule has 1 rings (SSSR count). The van der Waals surface area contributed by atoms with Gasteiger partial charge in [-0.15, -0.1) is 0 Å². The van der Waals surface area contributed by atoms with Gasteiger partial charge in [-0.2, -0.15) is 0 Å². The highest BCUT2D eigenvalue weighted by atomic mass is 16.5. The zero-order valence-corrected chi connectivity index (χ0v) is 7.87. The van der Waals surface area contributed by atoms with Crippen LogP contribution in [-0.4, -0.2) is 25.2 Å². The zero-order chi connectivity index (χ0) is 9.68. The van der Waals surface area contributed by atoms with E-state index in [1.807, 2.05) is 0 Å². The maximum absolute atomic E-state index is 10.4. The van der Waals surface area contributed by atoms with E-state index in [1.165, 1.54) is 6.42 Å². The van der Waals surface area contributed by atoms with Crippen LogP contribution in [-0.2, 0) is 9.53 Å². The third-order valence-electron chi connectivity index (χ3n) is 2.57. The second-order valence-corrected chi connectivity index (χ2v) is 3.55. The highest BCUT2D eigenvalue weighted by Gasteiger charge is 2.26. The smallest absolute Gasteiger partial charge is 0.219 e. The molecule has 1 fully saturated rings. The average Bonchev–Trinajstić information content (AvgIpc) is 2.51. The molecule has 0 aromatic carbocycles. The summed E-state index contributed by atoms with van der Waals surface area (Å²) in [7, 11) is 0. The van der Waals surface area contributed by atoms with Gasteiger partial charge in [0.05, 0.1) is 12.7 Å². The van der Waals surface area contributed by atoms with Gasteiger partial charge in [0.15, 0.2) is 0 Å². The number of hydrogen-bond donors (Lipinski definition) is 2. The average molecular weight is 186 g/mol. The van der Waals surface area contributed by atoms with Gasteiger partial charge in [-0.3, -0.25) is 4.79 Å². The third-order valence-corrected chi connectivity index (χ3v) is 2.57. The number of ether oxygens (including phenoxy) is 1. The Morgan fingerprint density at radius 2 is 2.23 bits per heavy atom. The van der Waals surface area contributed by atoms with E-state index in [0.29, 0.717) is 25.5 Å². The van der Waals surface area contributed by atoms with Crippen molar-refractivity contribution >= 4 is 5.91 Å². The van der Waals surface area contributed by atoms with E-state index in [2.05, 4.69) is 0 Å². The molecule has 0 aromatic heterocycles. The summed E-state index contributed by atoms with van der Waals surface area (Å²) in [6.45, 7) is 1.12. The summed E-state index contributed by atoms with van der Waals surface area (Å²) in [5.41, 5.74) is 10.6. The molecule has 0 bridgehead atoms. The van der Waals surface area contributed by atoms with E-state index >= 15 is 0 Å². The van der Waals surface area contributed by atoms with E-state index in [0.717, 1.165) is 12.8 Å². The fourth-order valence-electron chi connectivity index (χ4n) is 1.80. The molecule has 76 valence electrons. The summed E-state index contributed by atoms with van der Waals surface area (Å²) in [5, 5.41) is 0. The third kappa shape index (κ3) is 3.32. The van der Waals surface area contributed by atoms with E-state index < -0.39 is 0 Å². The van der Waals surface area contributed by atoms with Crippen molar-refractivity contribution in [1.29, 1.82) is 0 Å². The van der Waals surface area contributed by atoms with Crippen molar-refractivity contribution in [2.45, 2.75) is 31.8 Å². The Morgan fingerprint density at radius 1 is 1.46 bits per heavy atom. The van der Waals surface area contributed by atoms with Crippen molar-refractivity contribution in [1.82, 2.24) is 0 Å². The van der Waals surface area contributed by atoms with Crippen molar-refractivity contribution in [2.75, 3.05) is 13.2 Å². The molecule has 2 atom stereocenters. The van der Waals surface area contributed by atoms with Crippen molar-refractivity contribution in [3.05, 3.63) is 0 Å². The van der Waals surface area contributed by atoms with Gasteiger partial charge in [0, 0.05) is 6.42 Å². The lowest BCUT2D eigenvalue weighted by atomic mass is 10.1. The first-order valence-corrected chi connectivity index (χ1v) is 4.84. The lowest BCUT2D eigenvalue weighted by molar-refractivity contribution is -0.119. The molecule has 0 saturated heterocycles. The number of carbonyl (C=O) groups excluding carboxylic acids is 1. The Balaban J connectivity index is 2.16. The predicted octanol–water partition coefficient (Wildman–Crippen LogP) is 0.00580. The largest absolute Gasteiger partial charge is 0.377 e. The molecule has 0 heterocycles. The van der Waals surface area contributed by atoms with Crippen LogP contribution in [0.1, 0.15) is 25.7 Å². The molecule has 1 aliphatic carbocycles. The maximum atomic E-state index is 10.4. The summed E-state index contributed by atoms with van der Waals surface area (Å²) >= 11 is 0. The quantitative estimate of drug-likeness (QED) is 0.634. The molecule has 2 unspecified atom stereocenters. The molecule has 0 aliphatic heterocycles. The second-order valence-electron chi connectivity index (χ2n) is 3.55. The van der Waals surface area contributed by atoms with Gasteiger partial charge >= 0.3 is 0 Å². The normalized spacial score (nSPS) is 27.8. The molecule has 4 N–H and O–H groups in total. The van der Waals surface area contributed by atoms with Crippen LogP contribution in [0.2, 0.25) is 0 Å². The van der Waals surface area contributed by atoms with Crippen LogP contribution in [0.15, 0.2) is 0 Å². The van der Waals surface area contributed by atoms with E-state index in [-0.39, 0.29) is 12.0 Å². The predicted molar refractivity (Wildman–Crippen MR) is 49.9 cm³/mol. The number of nitrogens with two attached hydrogens (primary N) is 2. The minimum atomic E-state index is -0.303. The summed E-state index contributed by atoms with van der Waals surface area (Å²) in [6.07, 6.45) is 3.97. The van der Waals surface area contributed by atoms with Crippen LogP contribution in [0.4, 0.5) is 0 Å². The topological polar surface area (TPSA) is 78.3 Å². The van der Waals surface area contributed by atoms with Gasteiger partial charge in [0.25, 0.3) is 0 Å². The monoisotopic (exact) mass is 186 g/mol. The Labute approximate surface area is 78.6 Å². The van der Waals surface area contributed by atoms with Gasteiger partial charge < -0.3 is 16.2 Å². The minimum absolute atomic E-state index is 0.254. The number of rotatable bonds is 5. The number of carbonyl (C=O) groups is 1. The first-order chi connectivity index (χ1) is 6.24. The van der Waals surface area contributed by atoms with E-state index in [4.69, 9.17) is 16.2 Å². The molecule has 1 amide bonds. The van der Waals surface area contributed by atoms with Crippen LogP contribution in [0.3, 0.4) is 0 Å². The molecule has 4 heteroatoms. The van der Waals surface area contributed by atoms with E-state index in [9.17, 15) is 4.79 Å². The highest BCUT2D eigenvalue weighted by molar-refractivity contribution is 5.73. The first kappa shape index (κ1) is 10.5. The van der Waals surface area contributed by atoms with Crippen molar-refractivity contribution < 1.29 is 9.53 Å². The van der Waals surface area contributed by atoms with Crippen LogP contribution in [0, 0.1) is 5.92 Å². The van der Waals surface area contributed by atoms with Gasteiger partial charge in [-0.1, -0.05) is 6.42 Å². The Morgan fingerprint density at radius 3 is 2.85 bits per heavy atom. The Bertz CT molecular complexity index is 173. The van der Waals surface area contributed by atoms with Crippen LogP contribution in [0.5, 0.6) is 0 Å². The molecule has 1 saturated carbocycles.